The van der Waals surface area contributed by atoms with Crippen LogP contribution in [0.1, 0.15) is 23.2 Å². The lowest BCUT2D eigenvalue weighted by molar-refractivity contribution is 0.102. The zero-order valence-corrected chi connectivity index (χ0v) is 13.9. The second-order valence-corrected chi connectivity index (χ2v) is 6.50. The summed E-state index contributed by atoms with van der Waals surface area (Å²) in [4.78, 5) is 25.8. The standard InChI is InChI=1S/C18H20FN5O/c19-14-3-1-2-13(10-14)17(25)22-15-11-20-18(21-12-15)24-9-8-23-6-4-16(24)5-7-23/h1-3,10-12,16H,4-9H2,(H,22,25). The molecular weight excluding hydrogens is 321 g/mol. The number of carbonyl (C=O) groups is 1. The van der Waals surface area contributed by atoms with E-state index in [1.807, 2.05) is 0 Å². The van der Waals surface area contributed by atoms with Gasteiger partial charge in [-0.3, -0.25) is 4.79 Å². The number of carbonyl (C=O) groups excluding carboxylic acids is 1. The highest BCUT2D eigenvalue weighted by molar-refractivity contribution is 6.04. The average Bonchev–Trinajstić information content (AvgIpc) is 2.96. The quantitative estimate of drug-likeness (QED) is 0.927. The average molecular weight is 341 g/mol. The number of rotatable bonds is 3. The molecule has 25 heavy (non-hydrogen) atoms. The van der Waals surface area contributed by atoms with Gasteiger partial charge in [0.05, 0.1) is 18.1 Å². The van der Waals surface area contributed by atoms with E-state index in [1.54, 1.807) is 18.5 Å². The maximum Gasteiger partial charge on any atom is 0.255 e. The van der Waals surface area contributed by atoms with Crippen LogP contribution in [0.3, 0.4) is 0 Å². The third-order valence-electron chi connectivity index (χ3n) is 4.89. The van der Waals surface area contributed by atoms with Crippen molar-refractivity contribution in [2.24, 2.45) is 0 Å². The lowest BCUT2D eigenvalue weighted by Crippen LogP contribution is -2.38. The summed E-state index contributed by atoms with van der Waals surface area (Å²) in [5, 5.41) is 2.70. The first kappa shape index (κ1) is 16.0. The molecule has 1 aromatic heterocycles. The molecule has 3 aliphatic rings. The van der Waals surface area contributed by atoms with Gasteiger partial charge in [0.1, 0.15) is 5.82 Å². The van der Waals surface area contributed by atoms with Crippen LogP contribution < -0.4 is 10.2 Å². The van der Waals surface area contributed by atoms with Gasteiger partial charge in [-0.1, -0.05) is 6.07 Å². The van der Waals surface area contributed by atoms with E-state index in [0.717, 1.165) is 39.0 Å². The van der Waals surface area contributed by atoms with E-state index in [2.05, 4.69) is 25.1 Å². The van der Waals surface area contributed by atoms with Gasteiger partial charge >= 0.3 is 0 Å². The van der Waals surface area contributed by atoms with E-state index in [4.69, 9.17) is 0 Å². The van der Waals surface area contributed by atoms with E-state index in [-0.39, 0.29) is 11.5 Å². The molecule has 0 aliphatic carbocycles. The van der Waals surface area contributed by atoms with Crippen LogP contribution in [0, 0.1) is 5.82 Å². The highest BCUT2D eigenvalue weighted by atomic mass is 19.1. The van der Waals surface area contributed by atoms with Crippen molar-refractivity contribution in [2.45, 2.75) is 18.9 Å². The van der Waals surface area contributed by atoms with Gasteiger partial charge in [0.2, 0.25) is 5.95 Å². The van der Waals surface area contributed by atoms with Crippen LogP contribution in [0.25, 0.3) is 0 Å². The number of hydrogen-bond acceptors (Lipinski definition) is 5. The van der Waals surface area contributed by atoms with Crippen LogP contribution in [0.15, 0.2) is 36.7 Å². The first-order chi connectivity index (χ1) is 12.2. The van der Waals surface area contributed by atoms with Crippen molar-refractivity contribution < 1.29 is 9.18 Å². The van der Waals surface area contributed by atoms with Gasteiger partial charge in [-0.05, 0) is 31.0 Å². The Morgan fingerprint density at radius 2 is 1.88 bits per heavy atom. The van der Waals surface area contributed by atoms with Gasteiger partial charge in [0.25, 0.3) is 5.91 Å². The Labute approximate surface area is 145 Å². The third-order valence-corrected chi connectivity index (χ3v) is 4.89. The van der Waals surface area contributed by atoms with Crippen molar-refractivity contribution in [1.82, 2.24) is 14.9 Å². The van der Waals surface area contributed by atoms with E-state index in [1.165, 1.54) is 18.2 Å². The predicted octanol–water partition coefficient (Wildman–Crippen LogP) is 2.15. The van der Waals surface area contributed by atoms with Crippen molar-refractivity contribution in [3.05, 3.63) is 48.0 Å². The summed E-state index contributed by atoms with van der Waals surface area (Å²) in [6, 6.07) is 6.07. The number of benzene rings is 1. The molecule has 2 aromatic rings. The molecule has 3 saturated heterocycles. The number of amides is 1. The Kier molecular flexibility index (Phi) is 4.31. The lowest BCUT2D eigenvalue weighted by atomic mass is 10.1. The molecule has 2 bridgehead atoms. The monoisotopic (exact) mass is 341 g/mol. The Morgan fingerprint density at radius 1 is 1.12 bits per heavy atom. The number of nitrogens with zero attached hydrogens (tertiary/aromatic N) is 4. The van der Waals surface area contributed by atoms with Gasteiger partial charge in [-0.2, -0.15) is 0 Å². The summed E-state index contributed by atoms with van der Waals surface area (Å²) in [7, 11) is 0. The van der Waals surface area contributed by atoms with Crippen molar-refractivity contribution in [3.8, 4) is 0 Å². The minimum Gasteiger partial charge on any atom is -0.336 e. The molecule has 6 nitrogen and oxygen atoms in total. The minimum absolute atomic E-state index is 0.266. The Bertz CT molecular complexity index is 758. The van der Waals surface area contributed by atoms with E-state index in [9.17, 15) is 9.18 Å². The maximum absolute atomic E-state index is 13.2. The zero-order chi connectivity index (χ0) is 17.2. The first-order valence-electron chi connectivity index (χ1n) is 8.57. The van der Waals surface area contributed by atoms with Crippen LogP contribution >= 0.6 is 0 Å². The zero-order valence-electron chi connectivity index (χ0n) is 13.9. The number of aromatic nitrogens is 2. The molecule has 0 unspecified atom stereocenters. The van der Waals surface area contributed by atoms with Crippen molar-refractivity contribution in [3.63, 3.8) is 0 Å². The fourth-order valence-corrected chi connectivity index (χ4v) is 3.52. The summed E-state index contributed by atoms with van der Waals surface area (Å²) in [5.41, 5.74) is 0.767. The second-order valence-electron chi connectivity index (χ2n) is 6.50. The fraction of sp³-hybridized carbons (Fsp3) is 0.389. The van der Waals surface area contributed by atoms with E-state index < -0.39 is 5.82 Å². The molecule has 0 radical (unpaired) electrons. The maximum atomic E-state index is 13.2. The minimum atomic E-state index is -0.439. The molecule has 0 atom stereocenters. The van der Waals surface area contributed by atoms with E-state index >= 15 is 0 Å². The smallest absolute Gasteiger partial charge is 0.255 e. The summed E-state index contributed by atoms with van der Waals surface area (Å²) in [5.74, 6) is -0.111. The molecule has 1 amide bonds. The van der Waals surface area contributed by atoms with E-state index in [0.29, 0.717) is 17.7 Å². The highest BCUT2D eigenvalue weighted by Crippen LogP contribution is 2.24. The largest absolute Gasteiger partial charge is 0.336 e. The summed E-state index contributed by atoms with van der Waals surface area (Å²) in [6.07, 6.45) is 5.50. The Morgan fingerprint density at radius 3 is 2.60 bits per heavy atom. The third kappa shape index (κ3) is 3.46. The molecule has 1 N–H and O–H groups in total. The number of halogens is 1. The lowest BCUT2D eigenvalue weighted by Gasteiger charge is -2.31. The summed E-state index contributed by atoms with van der Waals surface area (Å²) >= 11 is 0. The molecular formula is C18H20FN5O. The molecule has 3 fully saturated rings. The number of nitrogens with one attached hydrogen (secondary N) is 1. The molecule has 1 aromatic carbocycles. The number of hydrogen-bond donors (Lipinski definition) is 1. The summed E-state index contributed by atoms with van der Waals surface area (Å²) in [6.45, 7) is 4.25. The normalized spacial score (nSPS) is 22.5. The first-order valence-corrected chi connectivity index (χ1v) is 8.57. The van der Waals surface area contributed by atoms with Crippen molar-refractivity contribution in [1.29, 1.82) is 0 Å². The molecule has 130 valence electrons. The second kappa shape index (κ2) is 6.76. The van der Waals surface area contributed by atoms with Crippen LogP contribution in [-0.4, -0.2) is 53.0 Å². The topological polar surface area (TPSA) is 61.4 Å². The van der Waals surface area contributed by atoms with Gasteiger partial charge < -0.3 is 15.1 Å². The SMILES string of the molecule is O=C(Nc1cnc(N2CCN3CCC2CC3)nc1)c1cccc(F)c1. The van der Waals surface area contributed by atoms with Crippen LogP contribution in [0.2, 0.25) is 0 Å². The van der Waals surface area contributed by atoms with Crippen LogP contribution in [0.5, 0.6) is 0 Å². The highest BCUT2D eigenvalue weighted by Gasteiger charge is 2.30. The fourth-order valence-electron chi connectivity index (χ4n) is 3.52. The van der Waals surface area contributed by atoms with Gasteiger partial charge in [0.15, 0.2) is 0 Å². The molecule has 5 rings (SSSR count). The Hall–Kier alpha value is -2.54. The molecule has 4 heterocycles. The number of anilines is 2. The van der Waals surface area contributed by atoms with Gasteiger partial charge in [0, 0.05) is 37.8 Å². The predicted molar refractivity (Wildman–Crippen MR) is 93.2 cm³/mol. The molecule has 0 saturated carbocycles. The summed E-state index contributed by atoms with van der Waals surface area (Å²) < 4.78 is 13.2. The number of piperidine rings is 1. The van der Waals surface area contributed by atoms with Crippen LogP contribution in [0.4, 0.5) is 16.0 Å². The van der Waals surface area contributed by atoms with Crippen molar-refractivity contribution >= 4 is 17.5 Å². The number of fused-ring (bicyclic) bond motifs is 4. The molecule has 7 heteroatoms. The van der Waals surface area contributed by atoms with Crippen molar-refractivity contribution in [2.75, 3.05) is 36.4 Å². The molecule has 0 spiro atoms. The van der Waals surface area contributed by atoms with Crippen LogP contribution in [-0.2, 0) is 0 Å². The van der Waals surface area contributed by atoms with Gasteiger partial charge in [-0.25, -0.2) is 14.4 Å². The Balaban J connectivity index is 1.46. The molecule has 3 aliphatic heterocycles. The van der Waals surface area contributed by atoms with Gasteiger partial charge in [-0.15, -0.1) is 0 Å².